The van der Waals surface area contributed by atoms with E-state index in [1.54, 1.807) is 23.1 Å². The van der Waals surface area contributed by atoms with E-state index in [9.17, 15) is 4.79 Å². The van der Waals surface area contributed by atoms with Gasteiger partial charge in [0.05, 0.1) is 15.6 Å². The molecule has 6 heteroatoms. The number of fused-ring (bicyclic) bond motifs is 1. The molecule has 1 amide bonds. The van der Waals surface area contributed by atoms with E-state index in [1.807, 2.05) is 0 Å². The predicted molar refractivity (Wildman–Crippen MR) is 123 cm³/mol. The van der Waals surface area contributed by atoms with Gasteiger partial charge in [-0.1, -0.05) is 11.3 Å². The standard InChI is InChI=1S/C23H31N3OS2/c1-25(2)6-7-26(22-24-19-5-4-18(28-3)11-20(19)29-22)21(27)23-12-15-8-16(13-23)10-17(9-15)14-23/h4-5,11,15-17H,6-10,12-14H2,1-3H3. The van der Waals surface area contributed by atoms with Crippen LogP contribution in [0.3, 0.4) is 0 Å². The first-order valence-electron chi connectivity index (χ1n) is 10.9. The number of nitrogens with zero attached hydrogens (tertiary/aromatic N) is 3. The molecular weight excluding hydrogens is 398 g/mol. The number of likely N-dealkylation sites (N-methyl/N-ethyl adjacent to an activating group) is 1. The Balaban J connectivity index is 1.49. The number of benzene rings is 1. The van der Waals surface area contributed by atoms with Gasteiger partial charge in [-0.2, -0.15) is 0 Å². The summed E-state index contributed by atoms with van der Waals surface area (Å²) in [5.41, 5.74) is 0.888. The molecule has 0 saturated heterocycles. The molecule has 0 atom stereocenters. The smallest absolute Gasteiger partial charge is 0.235 e. The molecule has 0 unspecified atom stereocenters. The Labute approximate surface area is 182 Å². The van der Waals surface area contributed by atoms with Gasteiger partial charge >= 0.3 is 0 Å². The third-order valence-electron chi connectivity index (χ3n) is 7.32. The van der Waals surface area contributed by atoms with Crippen molar-refractivity contribution in [3.8, 4) is 0 Å². The van der Waals surface area contributed by atoms with Crippen LogP contribution in [-0.2, 0) is 4.79 Å². The van der Waals surface area contributed by atoms with E-state index in [4.69, 9.17) is 4.98 Å². The van der Waals surface area contributed by atoms with Crippen LogP contribution in [0.5, 0.6) is 0 Å². The lowest BCUT2D eigenvalue weighted by Crippen LogP contribution is -2.55. The number of hydrogen-bond acceptors (Lipinski definition) is 5. The second-order valence-electron chi connectivity index (χ2n) is 9.79. The summed E-state index contributed by atoms with van der Waals surface area (Å²) in [6, 6.07) is 6.43. The molecule has 0 aliphatic heterocycles. The van der Waals surface area contributed by atoms with Crippen LogP contribution in [-0.4, -0.2) is 49.2 Å². The molecule has 1 aromatic heterocycles. The molecule has 4 saturated carbocycles. The number of hydrogen-bond donors (Lipinski definition) is 0. The molecular formula is C23H31N3OS2. The van der Waals surface area contributed by atoms with Crippen LogP contribution in [0.1, 0.15) is 38.5 Å². The fraction of sp³-hybridized carbons (Fsp3) is 0.652. The van der Waals surface area contributed by atoms with Crippen LogP contribution >= 0.6 is 23.1 Å². The minimum Gasteiger partial charge on any atom is -0.308 e. The van der Waals surface area contributed by atoms with E-state index >= 15 is 0 Å². The van der Waals surface area contributed by atoms with E-state index in [-0.39, 0.29) is 5.41 Å². The average molecular weight is 430 g/mol. The van der Waals surface area contributed by atoms with Crippen LogP contribution in [0.25, 0.3) is 10.2 Å². The summed E-state index contributed by atoms with van der Waals surface area (Å²) in [5.74, 6) is 2.70. The zero-order valence-electron chi connectivity index (χ0n) is 17.7. The van der Waals surface area contributed by atoms with Crippen LogP contribution in [0.4, 0.5) is 5.13 Å². The summed E-state index contributed by atoms with van der Waals surface area (Å²) >= 11 is 3.43. The number of carbonyl (C=O) groups excluding carboxylic acids is 1. The summed E-state index contributed by atoms with van der Waals surface area (Å²) < 4.78 is 1.18. The summed E-state index contributed by atoms with van der Waals surface area (Å²) in [7, 11) is 4.16. The summed E-state index contributed by atoms with van der Waals surface area (Å²) in [4.78, 5) is 24.5. The van der Waals surface area contributed by atoms with Gasteiger partial charge in [0.15, 0.2) is 5.13 Å². The molecule has 4 bridgehead atoms. The molecule has 4 nitrogen and oxygen atoms in total. The van der Waals surface area contributed by atoms with Crippen LogP contribution < -0.4 is 4.90 Å². The number of aromatic nitrogens is 1. The summed E-state index contributed by atoms with van der Waals surface area (Å²) in [6.07, 6.45) is 9.52. The fourth-order valence-corrected chi connectivity index (χ4v) is 7.92. The van der Waals surface area contributed by atoms with E-state index in [0.29, 0.717) is 5.91 Å². The van der Waals surface area contributed by atoms with Gasteiger partial charge in [0, 0.05) is 18.0 Å². The first kappa shape index (κ1) is 19.8. The van der Waals surface area contributed by atoms with Crippen molar-refractivity contribution in [1.82, 2.24) is 9.88 Å². The Morgan fingerprint density at radius 1 is 1.14 bits per heavy atom. The molecule has 29 heavy (non-hydrogen) atoms. The quantitative estimate of drug-likeness (QED) is 0.597. The van der Waals surface area contributed by atoms with Gasteiger partial charge in [-0.3, -0.25) is 9.69 Å². The van der Waals surface area contributed by atoms with Crippen molar-refractivity contribution >= 4 is 44.4 Å². The topological polar surface area (TPSA) is 36.4 Å². The number of amides is 1. The van der Waals surface area contributed by atoms with Crippen LogP contribution in [0.2, 0.25) is 0 Å². The molecule has 4 aliphatic rings. The molecule has 1 heterocycles. The monoisotopic (exact) mass is 429 g/mol. The van der Waals surface area contributed by atoms with Crippen molar-refractivity contribution in [2.45, 2.75) is 43.4 Å². The Bertz CT molecular complexity index is 887. The maximum atomic E-state index is 14.1. The minimum atomic E-state index is -0.122. The van der Waals surface area contributed by atoms with Gasteiger partial charge in [-0.05, 0) is 94.8 Å². The number of rotatable bonds is 6. The minimum absolute atomic E-state index is 0.122. The van der Waals surface area contributed by atoms with Gasteiger partial charge < -0.3 is 4.90 Å². The van der Waals surface area contributed by atoms with Crippen LogP contribution in [0.15, 0.2) is 23.1 Å². The largest absolute Gasteiger partial charge is 0.308 e. The Morgan fingerprint density at radius 3 is 2.38 bits per heavy atom. The maximum absolute atomic E-state index is 14.1. The normalized spacial score (nSPS) is 30.4. The van der Waals surface area contributed by atoms with Crippen molar-refractivity contribution < 1.29 is 4.79 Å². The van der Waals surface area contributed by atoms with Gasteiger partial charge in [0.2, 0.25) is 5.91 Å². The maximum Gasteiger partial charge on any atom is 0.235 e. The van der Waals surface area contributed by atoms with E-state index in [0.717, 1.165) is 60.8 Å². The molecule has 0 N–H and O–H groups in total. The third-order valence-corrected chi connectivity index (χ3v) is 9.09. The number of anilines is 1. The molecule has 1 aromatic carbocycles. The molecule has 156 valence electrons. The van der Waals surface area contributed by atoms with Crippen molar-refractivity contribution in [2.75, 3.05) is 38.3 Å². The Kier molecular flexibility index (Phi) is 5.16. The Hall–Kier alpha value is -1.11. The fourth-order valence-electron chi connectivity index (χ4n) is 6.38. The lowest BCUT2D eigenvalue weighted by Gasteiger charge is -2.56. The zero-order valence-corrected chi connectivity index (χ0v) is 19.3. The zero-order chi connectivity index (χ0) is 20.2. The molecule has 4 fully saturated rings. The van der Waals surface area contributed by atoms with Crippen molar-refractivity contribution in [3.05, 3.63) is 18.2 Å². The van der Waals surface area contributed by atoms with Gasteiger partial charge in [0.1, 0.15) is 0 Å². The first-order valence-corrected chi connectivity index (χ1v) is 12.9. The molecule has 0 spiro atoms. The number of carbonyl (C=O) groups is 1. The second kappa shape index (κ2) is 7.54. The SMILES string of the molecule is CSc1ccc2nc(N(CCN(C)C)C(=O)C34CC5CC(CC(C5)C3)C4)sc2c1. The Morgan fingerprint density at radius 2 is 1.79 bits per heavy atom. The molecule has 0 radical (unpaired) electrons. The van der Waals surface area contributed by atoms with Crippen LogP contribution in [0, 0.1) is 23.2 Å². The predicted octanol–water partition coefficient (Wildman–Crippen LogP) is 5.13. The molecule has 4 aliphatic carbocycles. The van der Waals surface area contributed by atoms with E-state index in [1.165, 1.54) is 28.9 Å². The van der Waals surface area contributed by atoms with Crippen molar-refractivity contribution in [3.63, 3.8) is 0 Å². The van der Waals surface area contributed by atoms with Gasteiger partial charge in [-0.25, -0.2) is 4.98 Å². The third kappa shape index (κ3) is 3.61. The van der Waals surface area contributed by atoms with E-state index in [2.05, 4.69) is 48.4 Å². The first-order chi connectivity index (χ1) is 14.0. The number of thiazole rings is 1. The lowest BCUT2D eigenvalue weighted by atomic mass is 9.49. The van der Waals surface area contributed by atoms with Crippen molar-refractivity contribution in [2.24, 2.45) is 23.2 Å². The highest BCUT2D eigenvalue weighted by Gasteiger charge is 2.55. The number of thioether (sulfide) groups is 1. The molecule has 6 rings (SSSR count). The average Bonchev–Trinajstić information content (AvgIpc) is 3.09. The lowest BCUT2D eigenvalue weighted by molar-refractivity contribution is -0.143. The second-order valence-corrected chi connectivity index (χ2v) is 11.7. The molecule has 2 aromatic rings. The van der Waals surface area contributed by atoms with Gasteiger partial charge in [0.25, 0.3) is 0 Å². The summed E-state index contributed by atoms with van der Waals surface area (Å²) in [6.45, 7) is 1.59. The highest BCUT2D eigenvalue weighted by molar-refractivity contribution is 7.98. The highest BCUT2D eigenvalue weighted by Crippen LogP contribution is 2.60. The van der Waals surface area contributed by atoms with Crippen molar-refractivity contribution in [1.29, 1.82) is 0 Å². The van der Waals surface area contributed by atoms with E-state index < -0.39 is 0 Å². The highest BCUT2D eigenvalue weighted by atomic mass is 32.2. The summed E-state index contributed by atoms with van der Waals surface area (Å²) in [5, 5.41) is 0.890. The van der Waals surface area contributed by atoms with Gasteiger partial charge in [-0.15, -0.1) is 11.8 Å².